The summed E-state index contributed by atoms with van der Waals surface area (Å²) in [7, 11) is 0. The van der Waals surface area contributed by atoms with Crippen molar-refractivity contribution in [2.75, 3.05) is 11.9 Å². The van der Waals surface area contributed by atoms with Crippen molar-refractivity contribution in [3.63, 3.8) is 0 Å². The van der Waals surface area contributed by atoms with Crippen molar-refractivity contribution in [2.45, 2.75) is 18.6 Å². The minimum absolute atomic E-state index is 0.0498. The Labute approximate surface area is 181 Å². The van der Waals surface area contributed by atoms with E-state index < -0.39 is 5.25 Å². The van der Waals surface area contributed by atoms with Gasteiger partial charge >= 0.3 is 0 Å². The third-order valence-electron chi connectivity index (χ3n) is 3.82. The highest BCUT2D eigenvalue weighted by Gasteiger charge is 2.32. The van der Waals surface area contributed by atoms with Crippen molar-refractivity contribution in [1.82, 2.24) is 5.32 Å². The van der Waals surface area contributed by atoms with Gasteiger partial charge in [-0.15, -0.1) is 5.10 Å². The van der Waals surface area contributed by atoms with Crippen molar-refractivity contribution >= 4 is 56.6 Å². The molecule has 1 aliphatic heterocycles. The van der Waals surface area contributed by atoms with Gasteiger partial charge in [0.2, 0.25) is 11.8 Å². The van der Waals surface area contributed by atoms with Crippen LogP contribution in [0.25, 0.3) is 0 Å². The number of para-hydroxylation sites is 1. The first-order valence-electron chi connectivity index (χ1n) is 8.91. The molecule has 0 bridgehead atoms. The number of thioether (sulfide) groups is 1. The van der Waals surface area contributed by atoms with Crippen molar-refractivity contribution in [1.29, 1.82) is 0 Å². The largest absolute Gasteiger partial charge is 0.493 e. The molecular weight excluding hydrogens is 456 g/mol. The van der Waals surface area contributed by atoms with Crippen LogP contribution in [-0.4, -0.2) is 35.1 Å². The molecule has 0 aromatic heterocycles. The molecule has 1 heterocycles. The van der Waals surface area contributed by atoms with Gasteiger partial charge in [0.25, 0.3) is 0 Å². The van der Waals surface area contributed by atoms with E-state index in [4.69, 9.17) is 4.74 Å². The normalized spacial score (nSPS) is 17.5. The topological polar surface area (TPSA) is 92.2 Å². The number of nitrogens with zero attached hydrogens (tertiary/aromatic N) is 2. The highest BCUT2D eigenvalue weighted by molar-refractivity contribution is 9.10. The summed E-state index contributed by atoms with van der Waals surface area (Å²) >= 11 is 4.60. The van der Waals surface area contributed by atoms with E-state index in [2.05, 4.69) is 36.8 Å². The van der Waals surface area contributed by atoms with Gasteiger partial charge in [0.1, 0.15) is 11.0 Å². The van der Waals surface area contributed by atoms with Gasteiger partial charge in [-0.25, -0.2) is 0 Å². The molecule has 0 radical (unpaired) electrons. The van der Waals surface area contributed by atoms with E-state index in [0.717, 1.165) is 10.0 Å². The van der Waals surface area contributed by atoms with E-state index in [1.807, 2.05) is 43.3 Å². The number of halogens is 1. The minimum Gasteiger partial charge on any atom is -0.493 e. The van der Waals surface area contributed by atoms with Crippen LogP contribution >= 0.6 is 27.7 Å². The van der Waals surface area contributed by atoms with Gasteiger partial charge in [-0.1, -0.05) is 45.9 Å². The van der Waals surface area contributed by atoms with Crippen LogP contribution in [0.15, 0.2) is 63.2 Å². The Hall–Kier alpha value is -2.65. The smallest absolute Gasteiger partial charge is 0.240 e. The number of carbonyl (C=O) groups excluding carboxylic acids is 2. The number of hydrogen-bond acceptors (Lipinski definition) is 6. The third kappa shape index (κ3) is 6.16. The summed E-state index contributed by atoms with van der Waals surface area (Å²) in [5.41, 5.74) is 1.46. The maximum Gasteiger partial charge on any atom is 0.240 e. The molecule has 2 N–H and O–H groups in total. The number of nitrogens with one attached hydrogen (secondary N) is 2. The molecule has 9 heteroatoms. The van der Waals surface area contributed by atoms with Crippen LogP contribution in [0, 0.1) is 0 Å². The second kappa shape index (κ2) is 10.2. The van der Waals surface area contributed by atoms with E-state index in [1.165, 1.54) is 11.8 Å². The fourth-order valence-electron chi connectivity index (χ4n) is 2.54. The van der Waals surface area contributed by atoms with Crippen LogP contribution in [-0.2, 0) is 9.59 Å². The van der Waals surface area contributed by atoms with Crippen LogP contribution in [0.2, 0.25) is 0 Å². The van der Waals surface area contributed by atoms with Gasteiger partial charge < -0.3 is 15.4 Å². The number of hydrogen-bond donors (Lipinski definition) is 2. The first kappa shape index (κ1) is 21.1. The molecule has 1 atom stereocenters. The van der Waals surface area contributed by atoms with Crippen LogP contribution in [0.4, 0.5) is 5.69 Å². The summed E-state index contributed by atoms with van der Waals surface area (Å²) in [6, 6.07) is 14.7. The molecule has 0 saturated carbocycles. The summed E-state index contributed by atoms with van der Waals surface area (Å²) in [5, 5.41) is 13.3. The second-order valence-corrected chi connectivity index (χ2v) is 8.09. The molecule has 2 aromatic rings. The molecule has 7 nitrogen and oxygen atoms in total. The molecule has 0 aliphatic carbocycles. The molecule has 2 aromatic carbocycles. The van der Waals surface area contributed by atoms with E-state index in [0.29, 0.717) is 23.2 Å². The highest BCUT2D eigenvalue weighted by Crippen LogP contribution is 2.24. The lowest BCUT2D eigenvalue weighted by molar-refractivity contribution is -0.122. The van der Waals surface area contributed by atoms with Crippen LogP contribution in [0.3, 0.4) is 0 Å². The highest BCUT2D eigenvalue weighted by atomic mass is 79.9. The van der Waals surface area contributed by atoms with E-state index in [1.54, 1.807) is 18.3 Å². The zero-order valence-electron chi connectivity index (χ0n) is 15.6. The Morgan fingerprint density at radius 3 is 2.86 bits per heavy atom. The van der Waals surface area contributed by atoms with Gasteiger partial charge in [-0.3, -0.25) is 9.59 Å². The van der Waals surface area contributed by atoms with Crippen molar-refractivity contribution in [3.8, 4) is 5.75 Å². The molecule has 2 amide bonds. The average Bonchev–Trinajstić information content (AvgIpc) is 3.04. The SMILES string of the molecule is CCOc1ccc(Br)cc1/C=N\N=C1/NC(=O)[C@H](CC(=O)Nc2ccccc2)S1. The standard InChI is InChI=1S/C20H19BrN4O3S/c1-2-28-16-9-8-14(21)10-13(16)12-22-25-20-24-19(27)17(29-20)11-18(26)23-15-6-4-3-5-7-15/h3-10,12,17H,2,11H2,1H3,(H,23,26)(H,24,25,27)/b22-12-/t17-/m0/s1. The predicted octanol–water partition coefficient (Wildman–Crippen LogP) is 3.80. The fraction of sp³-hybridized carbons (Fsp3) is 0.200. The number of carbonyl (C=O) groups is 2. The summed E-state index contributed by atoms with van der Waals surface area (Å²) in [6.07, 6.45) is 1.61. The van der Waals surface area contributed by atoms with Crippen molar-refractivity contribution in [2.24, 2.45) is 10.2 Å². The molecule has 1 saturated heterocycles. The fourth-order valence-corrected chi connectivity index (χ4v) is 3.84. The Kier molecular flexibility index (Phi) is 7.42. The minimum atomic E-state index is -0.544. The number of rotatable bonds is 7. The van der Waals surface area contributed by atoms with Crippen LogP contribution in [0.1, 0.15) is 18.9 Å². The maximum absolute atomic E-state index is 12.2. The van der Waals surface area contributed by atoms with Crippen molar-refractivity contribution in [3.05, 3.63) is 58.6 Å². The number of amides is 2. The lowest BCUT2D eigenvalue weighted by Crippen LogP contribution is -2.28. The summed E-state index contributed by atoms with van der Waals surface area (Å²) < 4.78 is 6.45. The Balaban J connectivity index is 1.60. The molecule has 29 heavy (non-hydrogen) atoms. The quantitative estimate of drug-likeness (QED) is 0.471. The monoisotopic (exact) mass is 474 g/mol. The third-order valence-corrected chi connectivity index (χ3v) is 5.39. The zero-order chi connectivity index (χ0) is 20.6. The maximum atomic E-state index is 12.2. The lowest BCUT2D eigenvalue weighted by atomic mass is 10.2. The summed E-state index contributed by atoms with van der Waals surface area (Å²) in [4.78, 5) is 24.3. The lowest BCUT2D eigenvalue weighted by Gasteiger charge is -2.07. The second-order valence-electron chi connectivity index (χ2n) is 5.98. The van der Waals surface area contributed by atoms with Gasteiger partial charge in [0, 0.05) is 22.1 Å². The number of anilines is 1. The van der Waals surface area contributed by atoms with Crippen LogP contribution in [0.5, 0.6) is 5.75 Å². The van der Waals surface area contributed by atoms with E-state index >= 15 is 0 Å². The molecule has 0 unspecified atom stereocenters. The molecule has 0 spiro atoms. The Morgan fingerprint density at radius 1 is 1.31 bits per heavy atom. The van der Waals surface area contributed by atoms with Gasteiger partial charge in [0.15, 0.2) is 5.17 Å². The van der Waals surface area contributed by atoms with Gasteiger partial charge in [-0.05, 0) is 37.3 Å². The van der Waals surface area contributed by atoms with Gasteiger partial charge in [-0.2, -0.15) is 5.10 Å². The summed E-state index contributed by atoms with van der Waals surface area (Å²) in [6.45, 7) is 2.44. The Morgan fingerprint density at radius 2 is 2.10 bits per heavy atom. The van der Waals surface area contributed by atoms with Crippen molar-refractivity contribution < 1.29 is 14.3 Å². The van der Waals surface area contributed by atoms with E-state index in [-0.39, 0.29) is 18.2 Å². The predicted molar refractivity (Wildman–Crippen MR) is 120 cm³/mol. The first-order valence-corrected chi connectivity index (χ1v) is 10.6. The Bertz CT molecular complexity index is 950. The van der Waals surface area contributed by atoms with Crippen LogP contribution < -0.4 is 15.4 Å². The number of ether oxygens (including phenoxy) is 1. The zero-order valence-corrected chi connectivity index (χ0v) is 18.0. The summed E-state index contributed by atoms with van der Waals surface area (Å²) in [5.74, 6) is 0.201. The average molecular weight is 475 g/mol. The number of benzene rings is 2. The molecular formula is C20H19BrN4O3S. The molecule has 3 rings (SSSR count). The molecule has 150 valence electrons. The van der Waals surface area contributed by atoms with Gasteiger partial charge in [0.05, 0.1) is 12.8 Å². The molecule has 1 fully saturated rings. The first-order chi connectivity index (χ1) is 14.0. The van der Waals surface area contributed by atoms with E-state index in [9.17, 15) is 9.59 Å². The number of amidine groups is 1. The molecule has 1 aliphatic rings.